The van der Waals surface area contributed by atoms with Crippen LogP contribution in [0.15, 0.2) is 16.8 Å². The quantitative estimate of drug-likeness (QED) is 0.780. The molecular weight excluding hydrogens is 170 g/mol. The second-order valence-electron chi connectivity index (χ2n) is 2.95. The minimum absolute atomic E-state index is 0.117. The number of ether oxygens (including phenoxy) is 1. The summed E-state index contributed by atoms with van der Waals surface area (Å²) in [5.74, 6) is 0. The Bertz CT molecular complexity index is 210. The monoisotopic (exact) mass is 185 g/mol. The summed E-state index contributed by atoms with van der Waals surface area (Å²) in [6.45, 7) is 2.03. The molecule has 1 aromatic rings. The van der Waals surface area contributed by atoms with Crippen LogP contribution >= 0.6 is 11.3 Å². The zero-order chi connectivity index (χ0) is 8.97. The van der Waals surface area contributed by atoms with Crippen molar-refractivity contribution in [3.05, 3.63) is 22.4 Å². The van der Waals surface area contributed by atoms with Crippen LogP contribution in [0.3, 0.4) is 0 Å². The molecule has 0 aliphatic rings. The standard InChI is InChI=1S/C9H15NOS/c1-7(11-2)5-9(10)8-3-4-12-6-8/h3-4,6-7,9H,5,10H2,1-2H3. The molecule has 0 bridgehead atoms. The zero-order valence-corrected chi connectivity index (χ0v) is 8.30. The van der Waals surface area contributed by atoms with E-state index in [-0.39, 0.29) is 12.1 Å². The van der Waals surface area contributed by atoms with Crippen molar-refractivity contribution in [3.8, 4) is 0 Å². The van der Waals surface area contributed by atoms with E-state index in [9.17, 15) is 0 Å². The van der Waals surface area contributed by atoms with Crippen LogP contribution in [0.2, 0.25) is 0 Å². The van der Waals surface area contributed by atoms with Gasteiger partial charge in [-0.15, -0.1) is 0 Å². The summed E-state index contributed by atoms with van der Waals surface area (Å²) in [4.78, 5) is 0. The molecule has 1 rings (SSSR count). The maximum atomic E-state index is 5.94. The fraction of sp³-hybridized carbons (Fsp3) is 0.556. The minimum atomic E-state index is 0.117. The Morgan fingerprint density at radius 3 is 2.92 bits per heavy atom. The van der Waals surface area contributed by atoms with E-state index in [2.05, 4.69) is 11.4 Å². The lowest BCUT2D eigenvalue weighted by Crippen LogP contribution is -2.17. The van der Waals surface area contributed by atoms with Crippen LogP contribution in [0.5, 0.6) is 0 Å². The predicted octanol–water partition coefficient (Wildman–Crippen LogP) is 2.17. The first-order valence-corrected chi connectivity index (χ1v) is 4.98. The zero-order valence-electron chi connectivity index (χ0n) is 7.49. The van der Waals surface area contributed by atoms with E-state index in [0.717, 1.165) is 6.42 Å². The molecule has 0 amide bonds. The number of hydrogen-bond donors (Lipinski definition) is 1. The van der Waals surface area contributed by atoms with Crippen molar-refractivity contribution in [1.82, 2.24) is 0 Å². The summed E-state index contributed by atoms with van der Waals surface area (Å²) in [7, 11) is 1.71. The van der Waals surface area contributed by atoms with Gasteiger partial charge in [0, 0.05) is 13.2 Å². The first-order chi connectivity index (χ1) is 5.74. The summed E-state index contributed by atoms with van der Waals surface area (Å²) in [5.41, 5.74) is 7.15. The molecular formula is C9H15NOS. The molecule has 0 saturated carbocycles. The SMILES string of the molecule is COC(C)CC(N)c1ccsc1. The highest BCUT2D eigenvalue weighted by atomic mass is 32.1. The van der Waals surface area contributed by atoms with Crippen molar-refractivity contribution in [1.29, 1.82) is 0 Å². The van der Waals surface area contributed by atoms with Gasteiger partial charge in [0.25, 0.3) is 0 Å². The van der Waals surface area contributed by atoms with Crippen molar-refractivity contribution in [3.63, 3.8) is 0 Å². The number of methoxy groups -OCH3 is 1. The molecule has 1 aromatic heterocycles. The molecule has 0 aliphatic heterocycles. The van der Waals surface area contributed by atoms with Gasteiger partial charge in [0.05, 0.1) is 6.10 Å². The summed E-state index contributed by atoms with van der Waals surface area (Å²) in [5, 5.41) is 4.14. The van der Waals surface area contributed by atoms with Crippen LogP contribution in [0.4, 0.5) is 0 Å². The first kappa shape index (κ1) is 9.71. The molecule has 0 fully saturated rings. The summed E-state index contributed by atoms with van der Waals surface area (Å²) in [6, 6.07) is 2.18. The lowest BCUT2D eigenvalue weighted by atomic mass is 10.1. The number of nitrogens with two attached hydrogens (primary N) is 1. The Morgan fingerprint density at radius 2 is 2.42 bits per heavy atom. The summed E-state index contributed by atoms with van der Waals surface area (Å²) >= 11 is 1.68. The maximum absolute atomic E-state index is 5.94. The Kier molecular flexibility index (Phi) is 3.72. The molecule has 12 heavy (non-hydrogen) atoms. The molecule has 2 N–H and O–H groups in total. The van der Waals surface area contributed by atoms with Crippen molar-refractivity contribution in [2.75, 3.05) is 7.11 Å². The number of thiophene rings is 1. The van der Waals surface area contributed by atoms with E-state index in [1.165, 1.54) is 5.56 Å². The van der Waals surface area contributed by atoms with Crippen LogP contribution in [0.25, 0.3) is 0 Å². The van der Waals surface area contributed by atoms with Gasteiger partial charge >= 0.3 is 0 Å². The topological polar surface area (TPSA) is 35.2 Å². The Labute approximate surface area is 77.3 Å². The molecule has 68 valence electrons. The van der Waals surface area contributed by atoms with Crippen molar-refractivity contribution in [2.45, 2.75) is 25.5 Å². The average Bonchev–Trinajstić information content (AvgIpc) is 2.56. The number of rotatable bonds is 4. The molecule has 2 nitrogen and oxygen atoms in total. The van der Waals surface area contributed by atoms with Gasteiger partial charge in [-0.1, -0.05) is 0 Å². The Hall–Kier alpha value is -0.380. The van der Waals surface area contributed by atoms with Crippen LogP contribution in [0.1, 0.15) is 24.9 Å². The van der Waals surface area contributed by atoms with Gasteiger partial charge in [0.2, 0.25) is 0 Å². The first-order valence-electron chi connectivity index (χ1n) is 4.04. The highest BCUT2D eigenvalue weighted by Gasteiger charge is 2.10. The van der Waals surface area contributed by atoms with Gasteiger partial charge in [0.15, 0.2) is 0 Å². The van der Waals surface area contributed by atoms with E-state index < -0.39 is 0 Å². The lowest BCUT2D eigenvalue weighted by molar-refractivity contribution is 0.105. The van der Waals surface area contributed by atoms with E-state index in [1.54, 1.807) is 18.4 Å². The van der Waals surface area contributed by atoms with E-state index in [0.29, 0.717) is 0 Å². The second kappa shape index (κ2) is 4.60. The molecule has 2 atom stereocenters. The molecule has 0 aliphatic carbocycles. The highest BCUT2D eigenvalue weighted by Crippen LogP contribution is 2.18. The van der Waals surface area contributed by atoms with E-state index >= 15 is 0 Å². The molecule has 0 saturated heterocycles. The molecule has 0 radical (unpaired) electrons. The molecule has 0 spiro atoms. The van der Waals surface area contributed by atoms with Gasteiger partial charge < -0.3 is 10.5 Å². The largest absolute Gasteiger partial charge is 0.382 e. The highest BCUT2D eigenvalue weighted by molar-refractivity contribution is 7.07. The van der Waals surface area contributed by atoms with Crippen molar-refractivity contribution >= 4 is 11.3 Å². The van der Waals surface area contributed by atoms with Gasteiger partial charge in [-0.25, -0.2) is 0 Å². The Balaban J connectivity index is 2.44. The smallest absolute Gasteiger partial charge is 0.0561 e. The third-order valence-electron chi connectivity index (χ3n) is 1.96. The van der Waals surface area contributed by atoms with Crippen molar-refractivity contribution < 1.29 is 4.74 Å². The third kappa shape index (κ3) is 2.59. The molecule has 0 aromatic carbocycles. The predicted molar refractivity (Wildman–Crippen MR) is 52.3 cm³/mol. The van der Waals surface area contributed by atoms with Crippen LogP contribution in [-0.2, 0) is 4.74 Å². The van der Waals surface area contributed by atoms with E-state index in [4.69, 9.17) is 10.5 Å². The van der Waals surface area contributed by atoms with Crippen LogP contribution in [-0.4, -0.2) is 13.2 Å². The molecule has 3 heteroatoms. The second-order valence-corrected chi connectivity index (χ2v) is 3.73. The van der Waals surface area contributed by atoms with Gasteiger partial charge in [-0.3, -0.25) is 0 Å². The third-order valence-corrected chi connectivity index (χ3v) is 2.66. The van der Waals surface area contributed by atoms with Gasteiger partial charge in [0.1, 0.15) is 0 Å². The van der Waals surface area contributed by atoms with E-state index in [1.807, 2.05) is 12.3 Å². The summed E-state index contributed by atoms with van der Waals surface area (Å²) < 4.78 is 5.14. The van der Waals surface area contributed by atoms with Crippen molar-refractivity contribution in [2.24, 2.45) is 5.73 Å². The average molecular weight is 185 g/mol. The molecule has 2 unspecified atom stereocenters. The fourth-order valence-electron chi connectivity index (χ4n) is 1.08. The number of hydrogen-bond acceptors (Lipinski definition) is 3. The van der Waals surface area contributed by atoms with Gasteiger partial charge in [-0.2, -0.15) is 11.3 Å². The lowest BCUT2D eigenvalue weighted by Gasteiger charge is -2.14. The fourth-order valence-corrected chi connectivity index (χ4v) is 1.80. The summed E-state index contributed by atoms with van der Waals surface area (Å²) in [6.07, 6.45) is 1.12. The van der Waals surface area contributed by atoms with Crippen LogP contribution < -0.4 is 5.73 Å². The normalized spacial score (nSPS) is 15.9. The van der Waals surface area contributed by atoms with Crippen LogP contribution in [0, 0.1) is 0 Å². The minimum Gasteiger partial charge on any atom is -0.382 e. The Morgan fingerprint density at radius 1 is 1.67 bits per heavy atom. The maximum Gasteiger partial charge on any atom is 0.0561 e. The van der Waals surface area contributed by atoms with Gasteiger partial charge in [-0.05, 0) is 35.7 Å². The molecule has 1 heterocycles.